The summed E-state index contributed by atoms with van der Waals surface area (Å²) in [6, 6.07) is 3.01. The molecule has 1 heterocycles. The molecule has 3 nitrogen and oxygen atoms in total. The molecular weight excluding hydrogens is 284 g/mol. The van der Waals surface area contributed by atoms with Crippen molar-refractivity contribution in [1.82, 2.24) is 4.98 Å². The van der Waals surface area contributed by atoms with Crippen LogP contribution in [-0.2, 0) is 10.2 Å². The number of hydrogen-bond acceptors (Lipinski definition) is 3. The minimum Gasteiger partial charge on any atom is -0.241 e. The molecule has 0 atom stereocenters. The topological polar surface area (TPSA) is 47.0 Å². The van der Waals surface area contributed by atoms with E-state index in [9.17, 15) is 12.3 Å². The summed E-state index contributed by atoms with van der Waals surface area (Å²) in [5.74, 6) is 0. The summed E-state index contributed by atoms with van der Waals surface area (Å²) in [4.78, 5) is 3.38. The molecule has 6 heteroatoms. The van der Waals surface area contributed by atoms with Crippen molar-refractivity contribution in [2.24, 2.45) is 0 Å². The Labute approximate surface area is 77.0 Å². The van der Waals surface area contributed by atoms with Crippen molar-refractivity contribution >= 4 is 32.8 Å². The summed E-state index contributed by atoms with van der Waals surface area (Å²) in [6.45, 7) is 0. The number of pyridine rings is 1. The predicted octanol–water partition coefficient (Wildman–Crippen LogP) is 1.34. The Kier molecular flexibility index (Phi) is 2.43. The molecule has 1 aromatic heterocycles. The largest absolute Gasteiger partial charge is 0.350 e. The highest BCUT2D eigenvalue weighted by Gasteiger charge is 2.16. The molecule has 0 saturated carbocycles. The van der Waals surface area contributed by atoms with Crippen molar-refractivity contribution in [3.63, 3.8) is 0 Å². The van der Waals surface area contributed by atoms with Crippen LogP contribution in [0.25, 0.3) is 0 Å². The molecule has 0 aliphatic carbocycles. The minimum absolute atomic E-state index is 0.285. The fourth-order valence-corrected chi connectivity index (χ4v) is 2.17. The van der Waals surface area contributed by atoms with Crippen molar-refractivity contribution in [3.05, 3.63) is 21.9 Å². The third-order valence-electron chi connectivity index (χ3n) is 0.956. The molecule has 0 bridgehead atoms. The Bertz CT molecular complexity index is 365. The predicted molar refractivity (Wildman–Crippen MR) is 45.2 cm³/mol. The Morgan fingerprint density at radius 1 is 1.55 bits per heavy atom. The molecule has 0 fully saturated rings. The van der Waals surface area contributed by atoms with Crippen molar-refractivity contribution in [2.75, 3.05) is 0 Å². The second-order valence-electron chi connectivity index (χ2n) is 1.73. The van der Waals surface area contributed by atoms with Gasteiger partial charge in [-0.1, -0.05) is 3.89 Å². The molecule has 0 spiro atoms. The molecule has 0 N–H and O–H groups in total. The Hall–Kier alpha value is -0.240. The Morgan fingerprint density at radius 3 is 2.55 bits per heavy atom. The zero-order valence-corrected chi connectivity index (χ0v) is 8.13. The van der Waals surface area contributed by atoms with Gasteiger partial charge >= 0.3 is 10.2 Å². The SMILES string of the molecule is O=S(=O)(F)c1ncccc1I. The fraction of sp³-hybridized carbons (Fsp3) is 0. The van der Waals surface area contributed by atoms with Gasteiger partial charge in [-0.25, -0.2) is 4.98 Å². The van der Waals surface area contributed by atoms with E-state index < -0.39 is 15.2 Å². The number of halogens is 2. The van der Waals surface area contributed by atoms with E-state index in [4.69, 9.17) is 0 Å². The second-order valence-corrected chi connectivity index (χ2v) is 4.15. The molecule has 0 saturated heterocycles. The van der Waals surface area contributed by atoms with Crippen molar-refractivity contribution in [1.29, 1.82) is 0 Å². The quantitative estimate of drug-likeness (QED) is 0.578. The highest BCUT2D eigenvalue weighted by molar-refractivity contribution is 14.1. The van der Waals surface area contributed by atoms with E-state index in [-0.39, 0.29) is 3.57 Å². The average molecular weight is 287 g/mol. The molecule has 0 amide bonds. The molecular formula is C5H3FINO2S. The van der Waals surface area contributed by atoms with E-state index in [0.717, 1.165) is 0 Å². The summed E-state index contributed by atoms with van der Waals surface area (Å²) in [6.07, 6.45) is 1.23. The van der Waals surface area contributed by atoms with Crippen LogP contribution in [0.15, 0.2) is 23.4 Å². The standard InChI is InChI=1S/C5H3FINO2S/c6-11(9,10)5-4(7)2-1-3-8-5/h1-3H. The molecule has 0 aromatic carbocycles. The van der Waals surface area contributed by atoms with E-state index in [1.165, 1.54) is 18.3 Å². The highest BCUT2D eigenvalue weighted by atomic mass is 127. The number of rotatable bonds is 1. The molecule has 0 aliphatic rings. The van der Waals surface area contributed by atoms with E-state index >= 15 is 0 Å². The van der Waals surface area contributed by atoms with Gasteiger partial charge in [0.2, 0.25) is 5.03 Å². The van der Waals surface area contributed by atoms with Crippen LogP contribution in [0.2, 0.25) is 0 Å². The van der Waals surface area contributed by atoms with Crippen LogP contribution in [0.1, 0.15) is 0 Å². The fourth-order valence-electron chi connectivity index (χ4n) is 0.551. The summed E-state index contributed by atoms with van der Waals surface area (Å²) < 4.78 is 33.2. The van der Waals surface area contributed by atoms with Gasteiger partial charge < -0.3 is 0 Å². The normalized spacial score (nSPS) is 11.5. The zero-order chi connectivity index (χ0) is 8.48. The van der Waals surface area contributed by atoms with E-state index in [2.05, 4.69) is 4.98 Å². The lowest BCUT2D eigenvalue weighted by molar-refractivity contribution is 0.547. The van der Waals surface area contributed by atoms with Crippen LogP contribution in [0.3, 0.4) is 0 Å². The molecule has 1 aromatic rings. The first-order valence-electron chi connectivity index (χ1n) is 2.57. The van der Waals surface area contributed by atoms with Crippen LogP contribution >= 0.6 is 22.6 Å². The van der Waals surface area contributed by atoms with E-state index in [1.807, 2.05) is 0 Å². The van der Waals surface area contributed by atoms with Gasteiger partial charge in [-0.15, -0.1) is 0 Å². The maximum absolute atomic E-state index is 12.3. The first-order chi connectivity index (χ1) is 5.02. The van der Waals surface area contributed by atoms with Crippen molar-refractivity contribution in [2.45, 2.75) is 5.03 Å². The maximum Gasteiger partial charge on any atom is 0.350 e. The number of hydrogen-bond donors (Lipinski definition) is 0. The third-order valence-corrected chi connectivity index (χ3v) is 2.98. The number of nitrogens with zero attached hydrogens (tertiary/aromatic N) is 1. The Morgan fingerprint density at radius 2 is 2.18 bits per heavy atom. The van der Waals surface area contributed by atoms with Crippen LogP contribution in [-0.4, -0.2) is 13.4 Å². The molecule has 0 aliphatic heterocycles. The molecule has 60 valence electrons. The van der Waals surface area contributed by atoms with Gasteiger partial charge in [-0.05, 0) is 34.7 Å². The van der Waals surface area contributed by atoms with Gasteiger partial charge in [0.25, 0.3) is 0 Å². The molecule has 0 radical (unpaired) electrons. The maximum atomic E-state index is 12.3. The van der Waals surface area contributed by atoms with Gasteiger partial charge in [-0.2, -0.15) is 8.42 Å². The second kappa shape index (κ2) is 3.02. The summed E-state index contributed by atoms with van der Waals surface area (Å²) >= 11 is 1.70. The minimum atomic E-state index is -4.65. The molecule has 11 heavy (non-hydrogen) atoms. The first kappa shape index (κ1) is 8.85. The van der Waals surface area contributed by atoms with Crippen LogP contribution < -0.4 is 0 Å². The van der Waals surface area contributed by atoms with Crippen molar-refractivity contribution < 1.29 is 12.3 Å². The van der Waals surface area contributed by atoms with Gasteiger partial charge in [0, 0.05) is 6.20 Å². The van der Waals surface area contributed by atoms with Crippen LogP contribution in [0.4, 0.5) is 3.89 Å². The van der Waals surface area contributed by atoms with Crippen molar-refractivity contribution in [3.8, 4) is 0 Å². The van der Waals surface area contributed by atoms with Gasteiger partial charge in [0.05, 0.1) is 3.57 Å². The van der Waals surface area contributed by atoms with E-state index in [0.29, 0.717) is 0 Å². The average Bonchev–Trinajstić information content (AvgIpc) is 1.86. The Balaban J connectivity index is 3.37. The zero-order valence-electron chi connectivity index (χ0n) is 5.16. The lowest BCUT2D eigenvalue weighted by Crippen LogP contribution is -1.98. The highest BCUT2D eigenvalue weighted by Crippen LogP contribution is 2.15. The third kappa shape index (κ3) is 2.09. The molecule has 1 rings (SSSR count). The first-order valence-corrected chi connectivity index (χ1v) is 5.03. The lowest BCUT2D eigenvalue weighted by Gasteiger charge is -1.94. The van der Waals surface area contributed by atoms with Crippen LogP contribution in [0.5, 0.6) is 0 Å². The summed E-state index contributed by atoms with van der Waals surface area (Å²) in [5, 5.41) is -0.513. The lowest BCUT2D eigenvalue weighted by atomic mass is 10.5. The van der Waals surface area contributed by atoms with Crippen LogP contribution in [0, 0.1) is 3.57 Å². The molecule has 0 unspecified atom stereocenters. The van der Waals surface area contributed by atoms with E-state index in [1.54, 1.807) is 22.6 Å². The van der Waals surface area contributed by atoms with Gasteiger partial charge in [0.15, 0.2) is 0 Å². The smallest absolute Gasteiger partial charge is 0.241 e. The summed E-state index contributed by atoms with van der Waals surface area (Å²) in [5.41, 5.74) is 0. The number of aromatic nitrogens is 1. The monoisotopic (exact) mass is 287 g/mol. The van der Waals surface area contributed by atoms with Gasteiger partial charge in [0.1, 0.15) is 0 Å². The summed E-state index contributed by atoms with van der Waals surface area (Å²) in [7, 11) is -4.65. The van der Waals surface area contributed by atoms with Gasteiger partial charge in [-0.3, -0.25) is 0 Å².